The fraction of sp³-hybridized carbons (Fsp3) is 0.200. The minimum atomic E-state index is -0.704. The van der Waals surface area contributed by atoms with E-state index in [1.807, 2.05) is 6.07 Å². The third kappa shape index (κ3) is 6.29. The number of ketones is 1. The van der Waals surface area contributed by atoms with Gasteiger partial charge < -0.3 is 14.8 Å². The van der Waals surface area contributed by atoms with Crippen molar-refractivity contribution in [1.82, 2.24) is 0 Å². The van der Waals surface area contributed by atoms with Gasteiger partial charge in [0.1, 0.15) is 5.75 Å². The van der Waals surface area contributed by atoms with E-state index in [2.05, 4.69) is 5.32 Å². The minimum absolute atomic E-state index is 0.0206. The van der Waals surface area contributed by atoms with Crippen LogP contribution in [0.25, 0.3) is 0 Å². The first-order valence-electron chi connectivity index (χ1n) is 8.23. The van der Waals surface area contributed by atoms with Crippen molar-refractivity contribution in [3.05, 3.63) is 59.7 Å². The summed E-state index contributed by atoms with van der Waals surface area (Å²) < 4.78 is 10.1. The summed E-state index contributed by atoms with van der Waals surface area (Å²) in [6.07, 6.45) is 0.412. The summed E-state index contributed by atoms with van der Waals surface area (Å²) in [6.45, 7) is 0.945. The van der Waals surface area contributed by atoms with Crippen LogP contribution < -0.4 is 10.1 Å². The highest BCUT2D eigenvalue weighted by Crippen LogP contribution is 2.13. The van der Waals surface area contributed by atoms with Crippen molar-refractivity contribution in [3.63, 3.8) is 0 Å². The zero-order valence-corrected chi connectivity index (χ0v) is 14.7. The van der Waals surface area contributed by atoms with Gasteiger partial charge in [-0.3, -0.25) is 9.59 Å². The molecule has 1 N–H and O–H groups in total. The molecule has 1 amide bonds. The van der Waals surface area contributed by atoms with Crippen LogP contribution >= 0.6 is 0 Å². The number of esters is 1. The lowest BCUT2D eigenvalue weighted by Gasteiger charge is -2.08. The number of ether oxygens (including phenoxy) is 2. The predicted octanol–water partition coefficient (Wildman–Crippen LogP) is 2.71. The Kier molecular flexibility index (Phi) is 7.08. The van der Waals surface area contributed by atoms with Crippen LogP contribution in [0.1, 0.15) is 29.3 Å². The quantitative estimate of drug-likeness (QED) is 0.569. The molecule has 0 spiro atoms. The molecule has 138 valence electrons. The first-order chi connectivity index (χ1) is 13.0. The molecule has 7 heteroatoms. The average Bonchev–Trinajstić information content (AvgIpc) is 2.70. The minimum Gasteiger partial charge on any atom is -0.482 e. The lowest BCUT2D eigenvalue weighted by Crippen LogP contribution is -2.23. The number of carbonyl (C=O) groups is 3. The van der Waals surface area contributed by atoms with Gasteiger partial charge in [-0.05, 0) is 42.5 Å². The molecular formula is C20H18N2O5. The fourth-order valence-electron chi connectivity index (χ4n) is 2.13. The highest BCUT2D eigenvalue weighted by molar-refractivity contribution is 5.96. The largest absolute Gasteiger partial charge is 0.482 e. The molecule has 0 aromatic heterocycles. The number of nitrogens with zero attached hydrogens (tertiary/aromatic N) is 1. The Morgan fingerprint density at radius 2 is 1.81 bits per heavy atom. The molecule has 0 bridgehead atoms. The van der Waals surface area contributed by atoms with Crippen molar-refractivity contribution in [2.75, 3.05) is 18.5 Å². The molecule has 2 rings (SSSR count). The van der Waals surface area contributed by atoms with E-state index >= 15 is 0 Å². The lowest BCUT2D eigenvalue weighted by atomic mass is 10.1. The maximum absolute atomic E-state index is 11.8. The summed E-state index contributed by atoms with van der Waals surface area (Å²) in [5.41, 5.74) is 1.42. The van der Waals surface area contributed by atoms with Crippen molar-refractivity contribution in [1.29, 1.82) is 5.26 Å². The standard InChI is InChI=1S/C20H18N2O5/c1-2-18(23)15-6-8-17(9-7-15)26-13-20(25)27-12-19(24)22-16-5-3-4-14(10-16)11-21/h3-10H,2,12-13H2,1H3,(H,22,24). The number of carbonyl (C=O) groups excluding carboxylic acids is 3. The summed E-state index contributed by atoms with van der Waals surface area (Å²) in [4.78, 5) is 35.0. The second kappa shape index (κ2) is 9.73. The van der Waals surface area contributed by atoms with Gasteiger partial charge in [0.05, 0.1) is 11.6 Å². The number of nitriles is 1. The van der Waals surface area contributed by atoms with Gasteiger partial charge >= 0.3 is 5.97 Å². The third-order valence-corrected chi connectivity index (χ3v) is 3.49. The molecule has 0 aliphatic heterocycles. The van der Waals surface area contributed by atoms with Gasteiger partial charge in [-0.15, -0.1) is 0 Å². The molecule has 0 atom stereocenters. The summed E-state index contributed by atoms with van der Waals surface area (Å²) in [7, 11) is 0. The number of benzene rings is 2. The van der Waals surface area contributed by atoms with Crippen LogP contribution in [0.5, 0.6) is 5.75 Å². The number of anilines is 1. The number of hydrogen-bond donors (Lipinski definition) is 1. The van der Waals surface area contributed by atoms with Crippen molar-refractivity contribution in [3.8, 4) is 11.8 Å². The van der Waals surface area contributed by atoms with Crippen molar-refractivity contribution in [2.45, 2.75) is 13.3 Å². The molecule has 0 radical (unpaired) electrons. The number of nitrogens with one attached hydrogen (secondary N) is 1. The van der Waals surface area contributed by atoms with Crippen molar-refractivity contribution in [2.24, 2.45) is 0 Å². The SMILES string of the molecule is CCC(=O)c1ccc(OCC(=O)OCC(=O)Nc2cccc(C#N)c2)cc1. The number of Topliss-reactive ketones (excluding diaryl/α,β-unsaturated/α-hetero) is 1. The monoisotopic (exact) mass is 366 g/mol. The molecule has 0 unspecified atom stereocenters. The van der Waals surface area contributed by atoms with Crippen LogP contribution in [-0.4, -0.2) is 30.9 Å². The Balaban J connectivity index is 1.74. The average molecular weight is 366 g/mol. The Labute approximate surface area is 156 Å². The first-order valence-corrected chi connectivity index (χ1v) is 8.23. The molecular weight excluding hydrogens is 348 g/mol. The molecule has 7 nitrogen and oxygen atoms in total. The van der Waals surface area contributed by atoms with Crippen molar-refractivity contribution >= 4 is 23.3 Å². The Morgan fingerprint density at radius 3 is 2.48 bits per heavy atom. The van der Waals surface area contributed by atoms with Crippen LogP contribution in [-0.2, 0) is 14.3 Å². The number of hydrogen-bond acceptors (Lipinski definition) is 6. The third-order valence-electron chi connectivity index (χ3n) is 3.49. The molecule has 0 saturated heterocycles. The Morgan fingerprint density at radius 1 is 1.07 bits per heavy atom. The van der Waals surface area contributed by atoms with E-state index in [0.717, 1.165) is 0 Å². The van der Waals surface area contributed by atoms with E-state index in [9.17, 15) is 14.4 Å². The Bertz CT molecular complexity index is 869. The summed E-state index contributed by atoms with van der Waals surface area (Å²) in [5, 5.41) is 11.3. The van der Waals surface area contributed by atoms with Gasteiger partial charge in [0.2, 0.25) is 0 Å². The van der Waals surface area contributed by atoms with Crippen LogP contribution in [0.3, 0.4) is 0 Å². The maximum Gasteiger partial charge on any atom is 0.344 e. The highest BCUT2D eigenvalue weighted by Gasteiger charge is 2.10. The second-order valence-corrected chi connectivity index (χ2v) is 5.49. The van der Waals surface area contributed by atoms with Gasteiger partial charge in [-0.2, -0.15) is 5.26 Å². The van der Waals surface area contributed by atoms with Gasteiger partial charge in [0, 0.05) is 17.7 Å². The lowest BCUT2D eigenvalue weighted by molar-refractivity contribution is -0.149. The Hall–Kier alpha value is -3.66. The smallest absolute Gasteiger partial charge is 0.344 e. The van der Waals surface area contributed by atoms with E-state index in [0.29, 0.717) is 29.0 Å². The van der Waals surface area contributed by atoms with E-state index in [4.69, 9.17) is 14.7 Å². The van der Waals surface area contributed by atoms with E-state index < -0.39 is 18.5 Å². The van der Waals surface area contributed by atoms with Gasteiger partial charge in [0.15, 0.2) is 19.0 Å². The molecule has 2 aromatic carbocycles. The number of amides is 1. The highest BCUT2D eigenvalue weighted by atomic mass is 16.6. The molecule has 0 aliphatic carbocycles. The van der Waals surface area contributed by atoms with Gasteiger partial charge in [0.25, 0.3) is 5.91 Å². The van der Waals surface area contributed by atoms with Gasteiger partial charge in [-0.25, -0.2) is 4.79 Å². The summed E-state index contributed by atoms with van der Waals surface area (Å²) in [5.74, 6) is -0.796. The molecule has 0 fully saturated rings. The summed E-state index contributed by atoms with van der Waals surface area (Å²) >= 11 is 0. The normalized spacial score (nSPS) is 9.78. The summed E-state index contributed by atoms with van der Waals surface area (Å²) in [6, 6.07) is 14.8. The first kappa shape index (κ1) is 19.7. The zero-order valence-electron chi connectivity index (χ0n) is 14.7. The molecule has 0 heterocycles. The van der Waals surface area contributed by atoms with Crippen molar-refractivity contribution < 1.29 is 23.9 Å². The van der Waals surface area contributed by atoms with Crippen LogP contribution in [0.2, 0.25) is 0 Å². The molecule has 2 aromatic rings. The number of rotatable bonds is 8. The fourth-order valence-corrected chi connectivity index (χ4v) is 2.13. The zero-order chi connectivity index (χ0) is 19.6. The molecule has 0 aliphatic rings. The second-order valence-electron chi connectivity index (χ2n) is 5.49. The van der Waals surface area contributed by atoms with Gasteiger partial charge in [-0.1, -0.05) is 13.0 Å². The topological polar surface area (TPSA) is 105 Å². The molecule has 0 saturated carbocycles. The van der Waals surface area contributed by atoms with Crippen LogP contribution in [0, 0.1) is 11.3 Å². The van der Waals surface area contributed by atoms with E-state index in [1.165, 1.54) is 6.07 Å². The van der Waals surface area contributed by atoms with E-state index in [1.54, 1.807) is 49.4 Å². The van der Waals surface area contributed by atoms with E-state index in [-0.39, 0.29) is 12.4 Å². The molecule has 27 heavy (non-hydrogen) atoms. The maximum atomic E-state index is 11.8. The van der Waals surface area contributed by atoms with Crippen LogP contribution in [0.4, 0.5) is 5.69 Å². The predicted molar refractivity (Wildman–Crippen MR) is 97.3 cm³/mol. The van der Waals surface area contributed by atoms with Crippen LogP contribution in [0.15, 0.2) is 48.5 Å².